The van der Waals surface area contributed by atoms with E-state index in [4.69, 9.17) is 4.74 Å². The largest absolute Gasteiger partial charge is 0.493 e. The summed E-state index contributed by atoms with van der Waals surface area (Å²) in [6.07, 6.45) is 3.71. The molecule has 20 heavy (non-hydrogen) atoms. The Hall–Kier alpha value is -1.96. The molecular weight excluding hydrogens is 246 g/mol. The van der Waals surface area contributed by atoms with Gasteiger partial charge in [-0.15, -0.1) is 0 Å². The molecule has 1 aliphatic carbocycles. The first kappa shape index (κ1) is 13.0. The maximum Gasteiger partial charge on any atom is 0.119 e. The monoisotopic (exact) mass is 267 g/mol. The Labute approximate surface area is 120 Å². The number of ether oxygens (including phenoxy) is 1. The summed E-state index contributed by atoms with van der Waals surface area (Å²) in [6.45, 7) is 0.774. The van der Waals surface area contributed by atoms with Crippen molar-refractivity contribution in [3.05, 3.63) is 59.7 Å². The normalized spacial score (nSPS) is 17.4. The van der Waals surface area contributed by atoms with Crippen LogP contribution in [-0.4, -0.2) is 13.7 Å². The molecule has 104 valence electrons. The third kappa shape index (κ3) is 2.79. The molecule has 0 fully saturated rings. The molecule has 2 aromatic rings. The predicted octanol–water partition coefficient (Wildman–Crippen LogP) is 4.23. The second-order valence-electron chi connectivity index (χ2n) is 5.37. The van der Waals surface area contributed by atoms with Crippen molar-refractivity contribution in [2.45, 2.75) is 25.2 Å². The van der Waals surface area contributed by atoms with Crippen LogP contribution in [0.15, 0.2) is 48.5 Å². The Morgan fingerprint density at radius 3 is 2.70 bits per heavy atom. The zero-order chi connectivity index (χ0) is 13.8. The van der Waals surface area contributed by atoms with Crippen LogP contribution in [0.1, 0.15) is 29.9 Å². The Morgan fingerprint density at radius 2 is 1.90 bits per heavy atom. The number of rotatable bonds is 4. The van der Waals surface area contributed by atoms with Crippen LogP contribution in [0.4, 0.5) is 5.69 Å². The molecule has 1 atom stereocenters. The minimum atomic E-state index is 0.531. The minimum Gasteiger partial charge on any atom is -0.493 e. The van der Waals surface area contributed by atoms with Crippen LogP contribution in [0.2, 0.25) is 0 Å². The van der Waals surface area contributed by atoms with E-state index in [0.29, 0.717) is 5.92 Å². The predicted molar refractivity (Wildman–Crippen MR) is 83.6 cm³/mol. The summed E-state index contributed by atoms with van der Waals surface area (Å²) in [6, 6.07) is 16.9. The lowest BCUT2D eigenvalue weighted by atomic mass is 9.83. The summed E-state index contributed by atoms with van der Waals surface area (Å²) in [5.74, 6) is 1.48. The summed E-state index contributed by atoms with van der Waals surface area (Å²) in [7, 11) is 1.93. The molecule has 0 heterocycles. The van der Waals surface area contributed by atoms with E-state index >= 15 is 0 Å². The van der Waals surface area contributed by atoms with Gasteiger partial charge >= 0.3 is 0 Å². The van der Waals surface area contributed by atoms with Gasteiger partial charge in [-0.25, -0.2) is 0 Å². The maximum atomic E-state index is 5.97. The van der Waals surface area contributed by atoms with E-state index in [9.17, 15) is 0 Å². The van der Waals surface area contributed by atoms with Crippen molar-refractivity contribution in [2.75, 3.05) is 19.0 Å². The van der Waals surface area contributed by atoms with Crippen LogP contribution in [0.25, 0.3) is 0 Å². The lowest BCUT2D eigenvalue weighted by molar-refractivity contribution is 0.274. The van der Waals surface area contributed by atoms with Crippen LogP contribution in [-0.2, 0) is 6.42 Å². The van der Waals surface area contributed by atoms with Gasteiger partial charge in [0.2, 0.25) is 0 Å². The van der Waals surface area contributed by atoms with Gasteiger partial charge in [0.05, 0.1) is 6.61 Å². The van der Waals surface area contributed by atoms with Gasteiger partial charge in [0.15, 0.2) is 0 Å². The highest BCUT2D eigenvalue weighted by molar-refractivity contribution is 5.45. The van der Waals surface area contributed by atoms with Gasteiger partial charge in [0.25, 0.3) is 0 Å². The molecule has 0 bridgehead atoms. The molecule has 0 saturated carbocycles. The SMILES string of the molecule is CNc1ccc(OCC2CCCc3ccccc32)cc1. The van der Waals surface area contributed by atoms with Crippen LogP contribution in [0.5, 0.6) is 5.75 Å². The molecule has 0 radical (unpaired) electrons. The van der Waals surface area contributed by atoms with Crippen molar-refractivity contribution in [2.24, 2.45) is 0 Å². The van der Waals surface area contributed by atoms with Gasteiger partial charge in [-0.05, 0) is 54.7 Å². The van der Waals surface area contributed by atoms with E-state index in [2.05, 4.69) is 29.6 Å². The topological polar surface area (TPSA) is 21.3 Å². The number of aryl methyl sites for hydroxylation is 1. The van der Waals surface area contributed by atoms with Crippen molar-refractivity contribution in [1.82, 2.24) is 0 Å². The van der Waals surface area contributed by atoms with Crippen molar-refractivity contribution in [3.8, 4) is 5.75 Å². The summed E-state index contributed by atoms with van der Waals surface area (Å²) in [5, 5.41) is 3.12. The van der Waals surface area contributed by atoms with Crippen LogP contribution in [0.3, 0.4) is 0 Å². The first-order valence-electron chi connectivity index (χ1n) is 7.35. The van der Waals surface area contributed by atoms with Gasteiger partial charge in [-0.2, -0.15) is 0 Å². The first-order valence-corrected chi connectivity index (χ1v) is 7.35. The molecule has 2 aromatic carbocycles. The molecule has 0 aromatic heterocycles. The average molecular weight is 267 g/mol. The zero-order valence-electron chi connectivity index (χ0n) is 11.9. The fraction of sp³-hybridized carbons (Fsp3) is 0.333. The highest BCUT2D eigenvalue weighted by atomic mass is 16.5. The summed E-state index contributed by atoms with van der Waals surface area (Å²) in [5.41, 5.74) is 4.09. The summed E-state index contributed by atoms with van der Waals surface area (Å²) in [4.78, 5) is 0. The number of fused-ring (bicyclic) bond motifs is 1. The Balaban J connectivity index is 1.66. The van der Waals surface area contributed by atoms with Crippen LogP contribution < -0.4 is 10.1 Å². The standard InChI is InChI=1S/C18H21NO/c1-19-16-9-11-17(12-10-16)20-13-15-7-4-6-14-5-2-3-8-18(14)15/h2-3,5,8-12,15,19H,4,6-7,13H2,1H3. The second-order valence-corrected chi connectivity index (χ2v) is 5.37. The molecule has 1 N–H and O–H groups in total. The van der Waals surface area contributed by atoms with Gasteiger partial charge < -0.3 is 10.1 Å². The van der Waals surface area contributed by atoms with E-state index in [1.54, 1.807) is 0 Å². The van der Waals surface area contributed by atoms with Crippen molar-refractivity contribution in [3.63, 3.8) is 0 Å². The second kappa shape index (κ2) is 6.00. The van der Waals surface area contributed by atoms with E-state index in [0.717, 1.165) is 18.0 Å². The minimum absolute atomic E-state index is 0.531. The number of benzene rings is 2. The van der Waals surface area contributed by atoms with E-state index < -0.39 is 0 Å². The molecule has 2 nitrogen and oxygen atoms in total. The van der Waals surface area contributed by atoms with Crippen molar-refractivity contribution in [1.29, 1.82) is 0 Å². The van der Waals surface area contributed by atoms with E-state index in [-0.39, 0.29) is 0 Å². The highest BCUT2D eigenvalue weighted by Gasteiger charge is 2.20. The number of hydrogen-bond donors (Lipinski definition) is 1. The first-order chi connectivity index (χ1) is 9.86. The highest BCUT2D eigenvalue weighted by Crippen LogP contribution is 2.32. The molecule has 0 aliphatic heterocycles. The fourth-order valence-corrected chi connectivity index (χ4v) is 2.94. The molecule has 2 heteroatoms. The molecule has 1 unspecified atom stereocenters. The molecule has 0 saturated heterocycles. The maximum absolute atomic E-state index is 5.97. The number of nitrogens with one attached hydrogen (secondary N) is 1. The quantitative estimate of drug-likeness (QED) is 0.895. The lowest BCUT2D eigenvalue weighted by Crippen LogP contribution is -2.16. The third-order valence-electron chi connectivity index (χ3n) is 4.09. The van der Waals surface area contributed by atoms with Gasteiger partial charge in [0.1, 0.15) is 5.75 Å². The molecule has 3 rings (SSSR count). The Bertz CT molecular complexity index is 562. The van der Waals surface area contributed by atoms with Crippen LogP contribution >= 0.6 is 0 Å². The molecule has 0 spiro atoms. The third-order valence-corrected chi connectivity index (χ3v) is 4.09. The lowest BCUT2D eigenvalue weighted by Gasteiger charge is -2.25. The number of hydrogen-bond acceptors (Lipinski definition) is 2. The van der Waals surface area contributed by atoms with Gasteiger partial charge in [-0.3, -0.25) is 0 Å². The zero-order valence-corrected chi connectivity index (χ0v) is 11.9. The molecular formula is C18H21NO. The van der Waals surface area contributed by atoms with E-state index in [1.807, 2.05) is 31.3 Å². The smallest absolute Gasteiger partial charge is 0.119 e. The average Bonchev–Trinajstić information content (AvgIpc) is 2.53. The Morgan fingerprint density at radius 1 is 1.10 bits per heavy atom. The number of anilines is 1. The summed E-state index contributed by atoms with van der Waals surface area (Å²) >= 11 is 0. The molecule has 1 aliphatic rings. The summed E-state index contributed by atoms with van der Waals surface area (Å²) < 4.78 is 5.97. The van der Waals surface area contributed by atoms with Crippen LogP contribution in [0, 0.1) is 0 Å². The van der Waals surface area contributed by atoms with E-state index in [1.165, 1.54) is 30.4 Å². The molecule has 0 amide bonds. The van der Waals surface area contributed by atoms with Crippen molar-refractivity contribution < 1.29 is 4.74 Å². The van der Waals surface area contributed by atoms with Crippen molar-refractivity contribution >= 4 is 5.69 Å². The fourth-order valence-electron chi connectivity index (χ4n) is 2.94. The van der Waals surface area contributed by atoms with Gasteiger partial charge in [0, 0.05) is 18.7 Å². The Kier molecular flexibility index (Phi) is 3.91. The van der Waals surface area contributed by atoms with Gasteiger partial charge in [-0.1, -0.05) is 24.3 Å².